The van der Waals surface area contributed by atoms with E-state index in [1.165, 1.54) is 0 Å². The zero-order chi connectivity index (χ0) is 20.6. The van der Waals surface area contributed by atoms with Crippen molar-refractivity contribution in [1.29, 1.82) is 0 Å². The Balaban J connectivity index is 1.55. The molecule has 1 fully saturated rings. The summed E-state index contributed by atoms with van der Waals surface area (Å²) in [7, 11) is 0. The van der Waals surface area contributed by atoms with Gasteiger partial charge in [-0.05, 0) is 36.4 Å². The third kappa shape index (κ3) is 4.87. The van der Waals surface area contributed by atoms with Crippen molar-refractivity contribution in [1.82, 2.24) is 10.3 Å². The maximum atomic E-state index is 13.5. The predicted octanol–water partition coefficient (Wildman–Crippen LogP) is 3.99. The smallest absolute Gasteiger partial charge is 0.272 e. The molecule has 1 atom stereocenters. The second-order valence-electron chi connectivity index (χ2n) is 7.29. The summed E-state index contributed by atoms with van der Waals surface area (Å²) in [5.74, 6) is 0.853. The molecule has 0 aromatic heterocycles. The number of anilines is 1. The standard InChI is InChI=1S/C25H27N3O2/c29-25(21-10-4-1-5-11-21)28(22-12-6-2-7-13-22)27-18-17-26-20-23(27)16-19-30-24-14-8-3-9-15-24/h1-15,23,26H,16-20H2. The molecule has 0 aliphatic carbocycles. The first-order valence-electron chi connectivity index (χ1n) is 10.4. The van der Waals surface area contributed by atoms with Crippen LogP contribution in [0.3, 0.4) is 0 Å². The Morgan fingerprint density at radius 3 is 2.27 bits per heavy atom. The van der Waals surface area contributed by atoms with Gasteiger partial charge in [-0.3, -0.25) is 4.79 Å². The highest BCUT2D eigenvalue weighted by Gasteiger charge is 2.32. The fourth-order valence-corrected chi connectivity index (χ4v) is 3.75. The molecule has 1 N–H and O–H groups in total. The molecule has 5 heteroatoms. The molecule has 1 aliphatic rings. The summed E-state index contributed by atoms with van der Waals surface area (Å²) < 4.78 is 5.93. The summed E-state index contributed by atoms with van der Waals surface area (Å²) in [6.07, 6.45) is 0.813. The van der Waals surface area contributed by atoms with E-state index in [2.05, 4.69) is 10.3 Å². The maximum Gasteiger partial charge on any atom is 0.272 e. The lowest BCUT2D eigenvalue weighted by Gasteiger charge is -2.43. The van der Waals surface area contributed by atoms with Crippen LogP contribution in [0.15, 0.2) is 91.0 Å². The number of piperazine rings is 1. The number of amides is 1. The van der Waals surface area contributed by atoms with Crippen molar-refractivity contribution in [3.05, 3.63) is 96.6 Å². The fraction of sp³-hybridized carbons (Fsp3) is 0.240. The average Bonchev–Trinajstić information content (AvgIpc) is 2.82. The highest BCUT2D eigenvalue weighted by Crippen LogP contribution is 2.23. The van der Waals surface area contributed by atoms with E-state index in [9.17, 15) is 4.79 Å². The molecule has 154 valence electrons. The van der Waals surface area contributed by atoms with Gasteiger partial charge in [-0.15, -0.1) is 0 Å². The van der Waals surface area contributed by atoms with Gasteiger partial charge in [-0.2, -0.15) is 0 Å². The van der Waals surface area contributed by atoms with Gasteiger partial charge in [-0.25, -0.2) is 10.0 Å². The number of nitrogens with zero attached hydrogens (tertiary/aromatic N) is 2. The molecule has 1 aliphatic heterocycles. The van der Waals surface area contributed by atoms with Gasteiger partial charge in [0.05, 0.1) is 12.3 Å². The number of carbonyl (C=O) groups is 1. The van der Waals surface area contributed by atoms with Gasteiger partial charge >= 0.3 is 0 Å². The first-order valence-corrected chi connectivity index (χ1v) is 10.4. The highest BCUT2D eigenvalue weighted by atomic mass is 16.5. The van der Waals surface area contributed by atoms with Gasteiger partial charge in [0.2, 0.25) is 0 Å². The van der Waals surface area contributed by atoms with Crippen LogP contribution < -0.4 is 15.1 Å². The van der Waals surface area contributed by atoms with Gasteiger partial charge < -0.3 is 10.1 Å². The van der Waals surface area contributed by atoms with Crippen LogP contribution >= 0.6 is 0 Å². The number of hydrazine groups is 1. The van der Waals surface area contributed by atoms with Crippen LogP contribution in [-0.4, -0.2) is 43.2 Å². The van der Waals surface area contributed by atoms with Crippen LogP contribution in [0.4, 0.5) is 5.69 Å². The van der Waals surface area contributed by atoms with E-state index in [0.717, 1.165) is 37.5 Å². The Bertz CT molecular complexity index is 919. The first kappa shape index (κ1) is 20.1. The van der Waals surface area contributed by atoms with Crippen LogP contribution in [0.25, 0.3) is 0 Å². The minimum absolute atomic E-state index is 0.0160. The minimum atomic E-state index is -0.0160. The summed E-state index contributed by atoms with van der Waals surface area (Å²) in [6, 6.07) is 29.4. The average molecular weight is 402 g/mol. The van der Waals surface area contributed by atoms with Crippen molar-refractivity contribution in [2.75, 3.05) is 31.3 Å². The van der Waals surface area contributed by atoms with Crippen molar-refractivity contribution < 1.29 is 9.53 Å². The molecule has 0 saturated carbocycles. The van der Waals surface area contributed by atoms with Gasteiger partial charge in [-0.1, -0.05) is 54.6 Å². The molecule has 1 heterocycles. The molecule has 5 nitrogen and oxygen atoms in total. The summed E-state index contributed by atoms with van der Waals surface area (Å²) in [5.41, 5.74) is 1.56. The molecule has 30 heavy (non-hydrogen) atoms. The monoisotopic (exact) mass is 401 g/mol. The molecule has 1 saturated heterocycles. The second kappa shape index (κ2) is 10.1. The van der Waals surface area contributed by atoms with Crippen LogP contribution in [-0.2, 0) is 0 Å². The molecule has 1 unspecified atom stereocenters. The van der Waals surface area contributed by atoms with E-state index >= 15 is 0 Å². The van der Waals surface area contributed by atoms with Crippen molar-refractivity contribution in [3.63, 3.8) is 0 Å². The van der Waals surface area contributed by atoms with E-state index in [4.69, 9.17) is 4.74 Å². The Kier molecular flexibility index (Phi) is 6.75. The topological polar surface area (TPSA) is 44.8 Å². The number of hydrogen-bond donors (Lipinski definition) is 1. The number of ether oxygens (including phenoxy) is 1. The minimum Gasteiger partial charge on any atom is -0.494 e. The maximum absolute atomic E-state index is 13.5. The molecule has 3 aromatic rings. The number of carbonyl (C=O) groups excluding carboxylic acids is 1. The van der Waals surface area contributed by atoms with Gasteiger partial charge in [0.1, 0.15) is 5.75 Å². The normalized spacial score (nSPS) is 16.7. The summed E-state index contributed by atoms with van der Waals surface area (Å²) >= 11 is 0. The number of rotatable bonds is 7. The van der Waals surface area contributed by atoms with Crippen LogP contribution in [0.1, 0.15) is 16.8 Å². The quantitative estimate of drug-likeness (QED) is 0.650. The lowest BCUT2D eigenvalue weighted by atomic mass is 10.1. The largest absolute Gasteiger partial charge is 0.494 e. The lowest BCUT2D eigenvalue weighted by molar-refractivity contribution is 0.0761. The predicted molar refractivity (Wildman–Crippen MR) is 120 cm³/mol. The SMILES string of the molecule is O=C(c1ccccc1)N(c1ccccc1)N1CCNCC1CCOc1ccccc1. The highest BCUT2D eigenvalue weighted by molar-refractivity contribution is 6.05. The Morgan fingerprint density at radius 2 is 1.57 bits per heavy atom. The molecule has 0 bridgehead atoms. The zero-order valence-corrected chi connectivity index (χ0v) is 17.0. The van der Waals surface area contributed by atoms with Gasteiger partial charge in [0, 0.05) is 37.7 Å². The molecule has 1 amide bonds. The fourth-order valence-electron chi connectivity index (χ4n) is 3.75. The zero-order valence-electron chi connectivity index (χ0n) is 17.0. The van der Waals surface area contributed by atoms with Crippen LogP contribution in [0.2, 0.25) is 0 Å². The molecule has 0 radical (unpaired) electrons. The molecule has 3 aromatic carbocycles. The Morgan fingerprint density at radius 1 is 0.933 bits per heavy atom. The molecule has 0 spiro atoms. The summed E-state index contributed by atoms with van der Waals surface area (Å²) in [6.45, 7) is 2.99. The van der Waals surface area contributed by atoms with Crippen LogP contribution in [0, 0.1) is 0 Å². The molecular weight excluding hydrogens is 374 g/mol. The number of hydrogen-bond acceptors (Lipinski definition) is 4. The molecular formula is C25H27N3O2. The van der Waals surface area contributed by atoms with Crippen LogP contribution in [0.5, 0.6) is 5.75 Å². The number of benzene rings is 3. The lowest BCUT2D eigenvalue weighted by Crippen LogP contribution is -2.60. The second-order valence-corrected chi connectivity index (χ2v) is 7.29. The van der Waals surface area contributed by atoms with Crippen molar-refractivity contribution in [3.8, 4) is 5.75 Å². The first-order chi connectivity index (χ1) is 14.8. The third-order valence-corrected chi connectivity index (χ3v) is 5.25. The van der Waals surface area contributed by atoms with Crippen molar-refractivity contribution in [2.45, 2.75) is 12.5 Å². The van der Waals surface area contributed by atoms with Gasteiger partial charge in [0.25, 0.3) is 5.91 Å². The van der Waals surface area contributed by atoms with Gasteiger partial charge in [0.15, 0.2) is 0 Å². The van der Waals surface area contributed by atoms with Crippen molar-refractivity contribution >= 4 is 11.6 Å². The van der Waals surface area contributed by atoms with E-state index in [-0.39, 0.29) is 11.9 Å². The Labute approximate surface area is 177 Å². The number of nitrogens with one attached hydrogen (secondary N) is 1. The molecule has 4 rings (SSSR count). The van der Waals surface area contributed by atoms with E-state index in [1.807, 2.05) is 96.0 Å². The third-order valence-electron chi connectivity index (χ3n) is 5.25. The summed E-state index contributed by atoms with van der Waals surface area (Å²) in [4.78, 5) is 13.5. The number of para-hydroxylation sites is 2. The van der Waals surface area contributed by atoms with E-state index in [0.29, 0.717) is 12.2 Å². The Hall–Kier alpha value is -3.15. The van der Waals surface area contributed by atoms with Crippen molar-refractivity contribution in [2.24, 2.45) is 0 Å². The van der Waals surface area contributed by atoms with E-state index in [1.54, 1.807) is 0 Å². The summed E-state index contributed by atoms with van der Waals surface area (Å²) in [5, 5.41) is 7.49. The van der Waals surface area contributed by atoms with E-state index < -0.39 is 0 Å².